The van der Waals surface area contributed by atoms with E-state index in [0.717, 1.165) is 19.1 Å². The topological polar surface area (TPSA) is 37.3 Å². The summed E-state index contributed by atoms with van der Waals surface area (Å²) < 4.78 is 0. The molecule has 124 valence electrons. The number of carbonyl (C=O) groups is 1. The number of carbonyl (C=O) groups excluding carboxylic acids is 1. The van der Waals surface area contributed by atoms with Gasteiger partial charge in [-0.05, 0) is 32.1 Å². The number of aliphatic hydroxyl groups is 1. The molecular formula is C19H36O2. The van der Waals surface area contributed by atoms with Gasteiger partial charge in [0.05, 0.1) is 6.61 Å². The van der Waals surface area contributed by atoms with Crippen LogP contribution in [0, 0.1) is 5.92 Å². The zero-order chi connectivity index (χ0) is 15.6. The molecule has 1 unspecified atom stereocenters. The fraction of sp³-hybridized carbons (Fsp3) is 0.842. The van der Waals surface area contributed by atoms with Gasteiger partial charge in [0.1, 0.15) is 6.29 Å². The zero-order valence-electron chi connectivity index (χ0n) is 14.1. The van der Waals surface area contributed by atoms with E-state index in [9.17, 15) is 4.79 Å². The Hall–Kier alpha value is -0.630. The van der Waals surface area contributed by atoms with E-state index in [4.69, 9.17) is 5.11 Å². The zero-order valence-corrected chi connectivity index (χ0v) is 14.1. The first-order valence-electron chi connectivity index (χ1n) is 9.06. The predicted molar refractivity (Wildman–Crippen MR) is 91.5 cm³/mol. The molecule has 0 saturated carbocycles. The van der Waals surface area contributed by atoms with Crippen molar-refractivity contribution < 1.29 is 9.90 Å². The van der Waals surface area contributed by atoms with Crippen molar-refractivity contribution in [2.24, 2.45) is 5.92 Å². The summed E-state index contributed by atoms with van der Waals surface area (Å²) in [6.07, 6.45) is 21.8. The number of aldehydes is 1. The van der Waals surface area contributed by atoms with Gasteiger partial charge in [-0.1, -0.05) is 70.4 Å². The van der Waals surface area contributed by atoms with E-state index < -0.39 is 0 Å². The average Bonchev–Trinajstić information content (AvgIpc) is 2.51. The molecule has 0 radical (unpaired) electrons. The van der Waals surface area contributed by atoms with Crippen molar-refractivity contribution in [1.82, 2.24) is 0 Å². The fourth-order valence-corrected chi connectivity index (χ4v) is 2.50. The van der Waals surface area contributed by atoms with E-state index in [-0.39, 0.29) is 12.5 Å². The van der Waals surface area contributed by atoms with Crippen LogP contribution in [0.4, 0.5) is 0 Å². The number of rotatable bonds is 16. The van der Waals surface area contributed by atoms with Crippen molar-refractivity contribution in [3.05, 3.63) is 12.2 Å². The molecule has 2 nitrogen and oxygen atoms in total. The first-order valence-corrected chi connectivity index (χ1v) is 9.06. The smallest absolute Gasteiger partial charge is 0.125 e. The number of hydrogen-bond acceptors (Lipinski definition) is 2. The lowest BCUT2D eigenvalue weighted by Crippen LogP contribution is -2.06. The molecule has 21 heavy (non-hydrogen) atoms. The summed E-state index contributed by atoms with van der Waals surface area (Å²) in [5.41, 5.74) is 0. The number of hydrogen-bond donors (Lipinski definition) is 1. The molecule has 0 aliphatic rings. The van der Waals surface area contributed by atoms with E-state index in [1.54, 1.807) is 0 Å². The van der Waals surface area contributed by atoms with Gasteiger partial charge in [-0.15, -0.1) is 0 Å². The molecule has 0 aromatic heterocycles. The molecule has 0 aliphatic carbocycles. The maximum absolute atomic E-state index is 10.5. The van der Waals surface area contributed by atoms with Crippen molar-refractivity contribution in [1.29, 1.82) is 0 Å². The largest absolute Gasteiger partial charge is 0.396 e. The second-order valence-electron chi connectivity index (χ2n) is 6.10. The molecule has 0 spiro atoms. The molecule has 2 heteroatoms. The Bertz CT molecular complexity index is 236. The first kappa shape index (κ1) is 20.4. The van der Waals surface area contributed by atoms with E-state index in [1.165, 1.54) is 70.6 Å². The lowest BCUT2D eigenvalue weighted by atomic mass is 10.0. The van der Waals surface area contributed by atoms with Crippen LogP contribution in [-0.2, 0) is 4.79 Å². The second-order valence-corrected chi connectivity index (χ2v) is 6.10. The monoisotopic (exact) mass is 296 g/mol. The lowest BCUT2D eigenvalue weighted by Gasteiger charge is -2.05. The highest BCUT2D eigenvalue weighted by molar-refractivity contribution is 5.53. The molecule has 1 atom stereocenters. The minimum Gasteiger partial charge on any atom is -0.396 e. The van der Waals surface area contributed by atoms with Gasteiger partial charge in [0.25, 0.3) is 0 Å². The van der Waals surface area contributed by atoms with Crippen molar-refractivity contribution in [2.45, 2.75) is 90.4 Å². The van der Waals surface area contributed by atoms with Crippen LogP contribution >= 0.6 is 0 Å². The van der Waals surface area contributed by atoms with Gasteiger partial charge in [0.2, 0.25) is 0 Å². The number of aliphatic hydroxyl groups excluding tert-OH is 1. The van der Waals surface area contributed by atoms with Gasteiger partial charge in [0, 0.05) is 5.92 Å². The van der Waals surface area contributed by atoms with Crippen molar-refractivity contribution in [2.75, 3.05) is 6.61 Å². The summed E-state index contributed by atoms with van der Waals surface area (Å²) >= 11 is 0. The average molecular weight is 296 g/mol. The van der Waals surface area contributed by atoms with Crippen LogP contribution < -0.4 is 0 Å². The molecule has 0 aromatic rings. The van der Waals surface area contributed by atoms with Crippen molar-refractivity contribution in [3.63, 3.8) is 0 Å². The minimum atomic E-state index is -0.137. The minimum absolute atomic E-state index is 0.00465. The highest BCUT2D eigenvalue weighted by Crippen LogP contribution is 2.11. The van der Waals surface area contributed by atoms with Crippen LogP contribution in [0.15, 0.2) is 12.2 Å². The van der Waals surface area contributed by atoms with E-state index >= 15 is 0 Å². The summed E-state index contributed by atoms with van der Waals surface area (Å²) in [5, 5.41) is 8.89. The van der Waals surface area contributed by atoms with Gasteiger partial charge >= 0.3 is 0 Å². The summed E-state index contributed by atoms with van der Waals surface area (Å²) in [4.78, 5) is 10.5. The van der Waals surface area contributed by atoms with Crippen LogP contribution in [0.2, 0.25) is 0 Å². The molecule has 0 bridgehead atoms. The van der Waals surface area contributed by atoms with Gasteiger partial charge in [-0.3, -0.25) is 0 Å². The molecule has 0 heterocycles. The molecule has 0 fully saturated rings. The van der Waals surface area contributed by atoms with E-state index in [0.29, 0.717) is 0 Å². The van der Waals surface area contributed by atoms with Crippen molar-refractivity contribution >= 4 is 6.29 Å². The Labute approximate surface area is 132 Å². The van der Waals surface area contributed by atoms with Crippen LogP contribution in [0.1, 0.15) is 90.4 Å². The Morgan fingerprint density at radius 1 is 0.810 bits per heavy atom. The molecule has 0 saturated heterocycles. The summed E-state index contributed by atoms with van der Waals surface area (Å²) in [6.45, 7) is 2.26. The number of allylic oxidation sites excluding steroid dienone is 2. The molecule has 0 aliphatic heterocycles. The quantitative estimate of drug-likeness (QED) is 0.234. The second kappa shape index (κ2) is 17.4. The normalized spacial score (nSPS) is 12.9. The third kappa shape index (κ3) is 15.6. The Morgan fingerprint density at radius 2 is 1.33 bits per heavy atom. The Morgan fingerprint density at radius 3 is 1.86 bits per heavy atom. The molecule has 0 rings (SSSR count). The SMILES string of the molecule is CCCCCCCCC=CCCCCCCC(C=O)CO. The maximum Gasteiger partial charge on any atom is 0.125 e. The molecule has 1 N–H and O–H groups in total. The van der Waals surface area contributed by atoms with E-state index in [2.05, 4.69) is 19.1 Å². The molecule has 0 amide bonds. The van der Waals surface area contributed by atoms with Gasteiger partial charge in [0.15, 0.2) is 0 Å². The highest BCUT2D eigenvalue weighted by Gasteiger charge is 2.03. The molecule has 0 aromatic carbocycles. The molecular weight excluding hydrogens is 260 g/mol. The van der Waals surface area contributed by atoms with Gasteiger partial charge in [-0.25, -0.2) is 0 Å². The lowest BCUT2D eigenvalue weighted by molar-refractivity contribution is -0.112. The van der Waals surface area contributed by atoms with E-state index in [1.807, 2.05) is 0 Å². The van der Waals surface area contributed by atoms with Gasteiger partial charge in [-0.2, -0.15) is 0 Å². The Kier molecular flexibility index (Phi) is 16.9. The van der Waals surface area contributed by atoms with Gasteiger partial charge < -0.3 is 9.90 Å². The van der Waals surface area contributed by atoms with Crippen LogP contribution in [0.5, 0.6) is 0 Å². The highest BCUT2D eigenvalue weighted by atomic mass is 16.3. The van der Waals surface area contributed by atoms with Crippen molar-refractivity contribution in [3.8, 4) is 0 Å². The number of unbranched alkanes of at least 4 members (excludes halogenated alkanes) is 10. The third-order valence-corrected chi connectivity index (χ3v) is 4.01. The van der Waals surface area contributed by atoms with Crippen LogP contribution in [0.3, 0.4) is 0 Å². The van der Waals surface area contributed by atoms with Crippen LogP contribution in [-0.4, -0.2) is 18.0 Å². The Balaban J connectivity index is 3.16. The third-order valence-electron chi connectivity index (χ3n) is 4.01. The standard InChI is InChI=1S/C19H36O2/c1-2-3-4-5-6-7-8-9-10-11-12-13-14-15-16-19(17-20)18-21/h9-10,17,19,21H,2-8,11-16,18H2,1H3. The summed E-state index contributed by atoms with van der Waals surface area (Å²) in [7, 11) is 0. The first-order chi connectivity index (χ1) is 10.3. The maximum atomic E-state index is 10.5. The fourth-order valence-electron chi connectivity index (χ4n) is 2.50. The summed E-state index contributed by atoms with van der Waals surface area (Å²) in [6, 6.07) is 0. The predicted octanol–water partition coefficient (Wildman–Crippen LogP) is 5.44. The summed E-state index contributed by atoms with van der Waals surface area (Å²) in [5.74, 6) is -0.137. The van der Waals surface area contributed by atoms with Crippen LogP contribution in [0.25, 0.3) is 0 Å².